The van der Waals surface area contributed by atoms with E-state index < -0.39 is 24.1 Å². The Morgan fingerprint density at radius 3 is 1.24 bits per heavy atom. The maximum absolute atomic E-state index is 12.4. The number of ketones is 1. The van der Waals surface area contributed by atoms with Crippen LogP contribution in [0.1, 0.15) is 194 Å². The van der Waals surface area contributed by atoms with Crippen LogP contribution in [0.3, 0.4) is 0 Å². The van der Waals surface area contributed by atoms with E-state index in [9.17, 15) is 20.1 Å². The van der Waals surface area contributed by atoms with Gasteiger partial charge < -0.3 is 15.3 Å². The molecule has 248 valence electrons. The SMILES string of the molecule is CCCCCCCCC=CCCCCCCCC(=O)C(O)C(O)C(O)C(=S)CCCCCCCCCCCCCCC. The van der Waals surface area contributed by atoms with E-state index in [4.69, 9.17) is 12.2 Å². The first-order valence-corrected chi connectivity index (χ1v) is 18.6. The molecule has 0 aliphatic rings. The molecule has 3 atom stereocenters. The first-order valence-electron chi connectivity index (χ1n) is 18.2. The molecule has 0 amide bonds. The highest BCUT2D eigenvalue weighted by molar-refractivity contribution is 7.80. The highest BCUT2D eigenvalue weighted by Gasteiger charge is 2.31. The first kappa shape index (κ1) is 41.4. The van der Waals surface area contributed by atoms with E-state index in [2.05, 4.69) is 26.0 Å². The summed E-state index contributed by atoms with van der Waals surface area (Å²) in [7, 11) is 0. The predicted molar refractivity (Wildman–Crippen MR) is 185 cm³/mol. The van der Waals surface area contributed by atoms with Gasteiger partial charge in [-0.15, -0.1) is 0 Å². The summed E-state index contributed by atoms with van der Waals surface area (Å²) in [5.74, 6) is -0.400. The Morgan fingerprint density at radius 1 is 0.500 bits per heavy atom. The predicted octanol–water partition coefficient (Wildman–Crippen LogP) is 10.5. The maximum Gasteiger partial charge on any atom is 0.164 e. The number of allylic oxidation sites excluding steroid dienone is 2. The number of aliphatic hydroxyl groups is 3. The van der Waals surface area contributed by atoms with Crippen LogP contribution in [0, 0.1) is 0 Å². The van der Waals surface area contributed by atoms with Crippen LogP contribution in [0.25, 0.3) is 0 Å². The smallest absolute Gasteiger partial charge is 0.164 e. The summed E-state index contributed by atoms with van der Waals surface area (Å²) in [5, 5.41) is 31.0. The van der Waals surface area contributed by atoms with Gasteiger partial charge in [-0.1, -0.05) is 167 Å². The standard InChI is InChI=1S/C37H70O4S/c1-3-5-7-9-11-13-15-17-18-20-21-23-25-27-29-31-33(38)35(39)37(41)36(40)34(42)32-30-28-26-24-22-19-16-14-12-10-8-6-4-2/h17-18,35-37,39-41H,3-16,19-32H2,1-2H3. The van der Waals surface area contributed by atoms with Crippen LogP contribution in [-0.2, 0) is 4.79 Å². The second kappa shape index (κ2) is 31.8. The Morgan fingerprint density at radius 2 is 0.833 bits per heavy atom. The van der Waals surface area contributed by atoms with Gasteiger partial charge in [-0.25, -0.2) is 0 Å². The van der Waals surface area contributed by atoms with Crippen LogP contribution in [0.5, 0.6) is 0 Å². The van der Waals surface area contributed by atoms with Gasteiger partial charge in [-0.3, -0.25) is 4.79 Å². The molecule has 4 nitrogen and oxygen atoms in total. The molecule has 0 aromatic carbocycles. The molecule has 0 aromatic heterocycles. The van der Waals surface area contributed by atoms with Crippen molar-refractivity contribution < 1.29 is 20.1 Å². The van der Waals surface area contributed by atoms with Crippen molar-refractivity contribution in [3.63, 3.8) is 0 Å². The minimum atomic E-state index is -1.57. The zero-order valence-electron chi connectivity index (χ0n) is 27.8. The molecule has 0 radical (unpaired) electrons. The molecule has 0 bridgehead atoms. The van der Waals surface area contributed by atoms with E-state index in [0.717, 1.165) is 44.9 Å². The summed E-state index contributed by atoms with van der Waals surface area (Å²) in [6.07, 6.45) is 32.9. The third-order valence-electron chi connectivity index (χ3n) is 8.52. The zero-order chi connectivity index (χ0) is 31.1. The lowest BCUT2D eigenvalue weighted by Gasteiger charge is -2.23. The number of hydrogen-bond donors (Lipinski definition) is 3. The Balaban J connectivity index is 3.73. The average Bonchev–Trinajstić information content (AvgIpc) is 2.99. The van der Waals surface area contributed by atoms with Crippen molar-refractivity contribution in [3.8, 4) is 0 Å². The molecule has 0 aromatic rings. The van der Waals surface area contributed by atoms with Crippen LogP contribution >= 0.6 is 12.2 Å². The van der Waals surface area contributed by atoms with E-state index in [1.165, 1.54) is 116 Å². The van der Waals surface area contributed by atoms with Gasteiger partial charge in [0.1, 0.15) is 18.3 Å². The second-order valence-corrected chi connectivity index (χ2v) is 13.2. The molecule has 0 rings (SSSR count). The zero-order valence-corrected chi connectivity index (χ0v) is 28.7. The molecule has 0 fully saturated rings. The second-order valence-electron chi connectivity index (χ2n) is 12.6. The Hall–Kier alpha value is -0.620. The van der Waals surface area contributed by atoms with Crippen molar-refractivity contribution >= 4 is 22.9 Å². The van der Waals surface area contributed by atoms with Crippen LogP contribution in [0.2, 0.25) is 0 Å². The average molecular weight is 611 g/mol. The lowest BCUT2D eigenvalue weighted by Crippen LogP contribution is -2.45. The molecule has 0 heterocycles. The van der Waals surface area contributed by atoms with Gasteiger partial charge >= 0.3 is 0 Å². The van der Waals surface area contributed by atoms with Crippen LogP contribution in [0.15, 0.2) is 12.2 Å². The molecule has 0 spiro atoms. The maximum atomic E-state index is 12.4. The van der Waals surface area contributed by atoms with Crippen LogP contribution < -0.4 is 0 Å². The third-order valence-corrected chi connectivity index (χ3v) is 8.96. The number of thiocarbonyl (C=S) groups is 1. The van der Waals surface area contributed by atoms with E-state index in [1.54, 1.807) is 0 Å². The van der Waals surface area contributed by atoms with Crippen molar-refractivity contribution in [2.75, 3.05) is 0 Å². The molecule has 0 saturated heterocycles. The number of carbonyl (C=O) groups is 1. The van der Waals surface area contributed by atoms with Gasteiger partial charge in [0, 0.05) is 11.3 Å². The summed E-state index contributed by atoms with van der Waals surface area (Å²) in [5.41, 5.74) is 0. The Kier molecular flexibility index (Phi) is 31.3. The number of Topliss-reactive ketones (excluding diaryl/α,β-unsaturated/α-hetero) is 1. The summed E-state index contributed by atoms with van der Waals surface area (Å²) < 4.78 is 0. The summed E-state index contributed by atoms with van der Waals surface area (Å²) in [6, 6.07) is 0. The first-order chi connectivity index (χ1) is 20.5. The van der Waals surface area contributed by atoms with Gasteiger partial charge in [-0.2, -0.15) is 0 Å². The summed E-state index contributed by atoms with van der Waals surface area (Å²) >= 11 is 5.31. The largest absolute Gasteiger partial charge is 0.387 e. The van der Waals surface area contributed by atoms with Crippen molar-refractivity contribution in [1.82, 2.24) is 0 Å². The van der Waals surface area contributed by atoms with E-state index in [0.29, 0.717) is 17.7 Å². The highest BCUT2D eigenvalue weighted by Crippen LogP contribution is 2.16. The normalized spacial score (nSPS) is 13.9. The Bertz CT molecular complexity index is 635. The molecule has 0 aliphatic heterocycles. The van der Waals surface area contributed by atoms with E-state index in [-0.39, 0.29) is 6.42 Å². The molecule has 0 aliphatic carbocycles. The van der Waals surface area contributed by atoms with E-state index >= 15 is 0 Å². The van der Waals surface area contributed by atoms with Gasteiger partial charge in [0.05, 0.1) is 0 Å². The quantitative estimate of drug-likeness (QED) is 0.0391. The number of unbranched alkanes of at least 4 members (excludes halogenated alkanes) is 23. The number of carbonyl (C=O) groups excluding carboxylic acids is 1. The fourth-order valence-corrected chi connectivity index (χ4v) is 5.82. The Labute approximate surface area is 266 Å². The van der Waals surface area contributed by atoms with Crippen molar-refractivity contribution in [2.45, 2.75) is 212 Å². The fourth-order valence-electron chi connectivity index (χ4n) is 5.54. The van der Waals surface area contributed by atoms with Crippen LogP contribution in [0.4, 0.5) is 0 Å². The monoisotopic (exact) mass is 610 g/mol. The molecule has 0 saturated carbocycles. The molecule has 3 N–H and O–H groups in total. The number of rotatable bonds is 33. The minimum absolute atomic E-state index is 0.231. The van der Waals surface area contributed by atoms with Crippen molar-refractivity contribution in [3.05, 3.63) is 12.2 Å². The molecular weight excluding hydrogens is 540 g/mol. The lowest BCUT2D eigenvalue weighted by atomic mass is 9.96. The van der Waals surface area contributed by atoms with Gasteiger partial charge in [-0.05, 0) is 44.9 Å². The highest BCUT2D eigenvalue weighted by atomic mass is 32.1. The van der Waals surface area contributed by atoms with Gasteiger partial charge in [0.25, 0.3) is 0 Å². The van der Waals surface area contributed by atoms with E-state index in [1.807, 2.05) is 0 Å². The lowest BCUT2D eigenvalue weighted by molar-refractivity contribution is -0.136. The molecule has 3 unspecified atom stereocenters. The van der Waals surface area contributed by atoms with Gasteiger partial charge in [0.2, 0.25) is 0 Å². The topological polar surface area (TPSA) is 77.8 Å². The van der Waals surface area contributed by atoms with Crippen molar-refractivity contribution in [2.24, 2.45) is 0 Å². The minimum Gasteiger partial charge on any atom is -0.387 e. The number of hydrogen-bond acceptors (Lipinski definition) is 5. The summed E-state index contributed by atoms with van der Waals surface area (Å²) in [6.45, 7) is 4.51. The van der Waals surface area contributed by atoms with Crippen molar-refractivity contribution in [1.29, 1.82) is 0 Å². The van der Waals surface area contributed by atoms with Crippen LogP contribution in [-0.4, -0.2) is 44.3 Å². The van der Waals surface area contributed by atoms with Gasteiger partial charge in [0.15, 0.2) is 5.78 Å². The number of aliphatic hydroxyl groups excluding tert-OH is 3. The third kappa shape index (κ3) is 25.8. The molecule has 42 heavy (non-hydrogen) atoms. The molecule has 5 heteroatoms. The summed E-state index contributed by atoms with van der Waals surface area (Å²) in [4.78, 5) is 12.7. The fraction of sp³-hybridized carbons (Fsp3) is 0.892. The molecular formula is C37H70O4S.